The lowest BCUT2D eigenvalue weighted by molar-refractivity contribution is 0.0916. The molecule has 2 aromatic heterocycles. The maximum absolute atomic E-state index is 9.78. The molecule has 0 bridgehead atoms. The molecule has 1 aliphatic heterocycles. The van der Waals surface area contributed by atoms with Crippen LogP contribution in [0, 0.1) is 0 Å². The molecule has 3 rings (SSSR count). The molecule has 0 saturated heterocycles. The van der Waals surface area contributed by atoms with E-state index in [9.17, 15) is 5.11 Å². The van der Waals surface area contributed by atoms with Crippen LogP contribution in [0.4, 0.5) is 5.82 Å². The average molecular weight is 335 g/mol. The number of rotatable bonds is 5. The summed E-state index contributed by atoms with van der Waals surface area (Å²) in [6, 6.07) is 3.82. The zero-order chi connectivity index (χ0) is 17.1. The molecular formula is C15H21N5O4. The van der Waals surface area contributed by atoms with Gasteiger partial charge in [0.1, 0.15) is 11.9 Å². The van der Waals surface area contributed by atoms with E-state index in [0.717, 1.165) is 25.2 Å². The van der Waals surface area contributed by atoms with Crippen LogP contribution in [0.15, 0.2) is 12.1 Å². The Morgan fingerprint density at radius 1 is 1.21 bits per heavy atom. The number of aliphatic hydroxyl groups excluding tert-OH is 2. The Bertz CT molecular complexity index is 683. The minimum absolute atomic E-state index is 0.249. The van der Waals surface area contributed by atoms with Crippen molar-refractivity contribution in [3.63, 3.8) is 0 Å². The quantitative estimate of drug-likeness (QED) is 0.794. The smallest absolute Gasteiger partial charge is 0.321 e. The summed E-state index contributed by atoms with van der Waals surface area (Å²) in [4.78, 5) is 10.6. The summed E-state index contributed by atoms with van der Waals surface area (Å²) in [5.41, 5.74) is 1.43. The number of nitrogens with zero attached hydrogens (tertiary/aromatic N) is 5. The van der Waals surface area contributed by atoms with Gasteiger partial charge in [-0.05, 0) is 12.5 Å². The van der Waals surface area contributed by atoms with Gasteiger partial charge in [0.2, 0.25) is 5.88 Å². The maximum atomic E-state index is 9.78. The highest BCUT2D eigenvalue weighted by Crippen LogP contribution is 2.25. The Morgan fingerprint density at radius 2 is 2.04 bits per heavy atom. The number of aromatic nitrogens is 4. The van der Waals surface area contributed by atoms with E-state index in [4.69, 9.17) is 14.6 Å². The summed E-state index contributed by atoms with van der Waals surface area (Å²) < 4.78 is 12.2. The van der Waals surface area contributed by atoms with Crippen molar-refractivity contribution in [2.24, 2.45) is 0 Å². The van der Waals surface area contributed by atoms with Gasteiger partial charge in [-0.15, -0.1) is 0 Å². The molecule has 1 aliphatic rings. The first kappa shape index (κ1) is 16.5. The molecule has 3 heterocycles. The van der Waals surface area contributed by atoms with Gasteiger partial charge in [-0.3, -0.25) is 4.68 Å². The minimum atomic E-state index is -0.961. The lowest BCUT2D eigenvalue weighted by Crippen LogP contribution is -2.24. The summed E-state index contributed by atoms with van der Waals surface area (Å²) in [6.07, 6.45) is -0.0880. The normalized spacial score (nSPS) is 15.6. The van der Waals surface area contributed by atoms with Gasteiger partial charge in [-0.1, -0.05) is 0 Å². The predicted molar refractivity (Wildman–Crippen MR) is 85.1 cm³/mol. The van der Waals surface area contributed by atoms with E-state index in [-0.39, 0.29) is 12.6 Å². The van der Waals surface area contributed by atoms with Crippen LogP contribution in [0.1, 0.15) is 23.9 Å². The Labute approximate surface area is 139 Å². The monoisotopic (exact) mass is 335 g/mol. The van der Waals surface area contributed by atoms with Gasteiger partial charge in [-0.2, -0.15) is 15.1 Å². The van der Waals surface area contributed by atoms with Crippen molar-refractivity contribution >= 4 is 5.82 Å². The highest BCUT2D eigenvalue weighted by molar-refractivity contribution is 5.43. The van der Waals surface area contributed by atoms with Crippen LogP contribution in [0.2, 0.25) is 0 Å². The van der Waals surface area contributed by atoms with Gasteiger partial charge in [0.15, 0.2) is 0 Å². The van der Waals surface area contributed by atoms with E-state index in [2.05, 4.69) is 20.0 Å². The standard InChI is InChI=1S/C15H21N5O4/c1-23-14-7-13(16-15(17-14)24-2)19-4-3-5-20-10(8-19)6-11(18-20)12(22)9-21/h6-7,12,21-22H,3-5,8-9H2,1-2H3. The largest absolute Gasteiger partial charge is 0.481 e. The summed E-state index contributed by atoms with van der Waals surface area (Å²) in [6.45, 7) is 1.77. The second-order valence-electron chi connectivity index (χ2n) is 5.51. The number of methoxy groups -OCH3 is 2. The number of fused-ring (bicyclic) bond motifs is 1. The fraction of sp³-hybridized carbons (Fsp3) is 0.533. The third-order valence-electron chi connectivity index (χ3n) is 3.93. The van der Waals surface area contributed by atoms with E-state index in [1.807, 2.05) is 10.7 Å². The molecule has 0 aliphatic carbocycles. The number of hydrogen-bond acceptors (Lipinski definition) is 8. The topological polar surface area (TPSA) is 106 Å². The molecule has 24 heavy (non-hydrogen) atoms. The molecule has 130 valence electrons. The fourth-order valence-electron chi connectivity index (χ4n) is 2.69. The van der Waals surface area contributed by atoms with E-state index in [0.29, 0.717) is 23.9 Å². The number of hydrogen-bond donors (Lipinski definition) is 2. The minimum Gasteiger partial charge on any atom is -0.481 e. The molecule has 1 unspecified atom stereocenters. The lowest BCUT2D eigenvalue weighted by atomic mass is 10.2. The van der Waals surface area contributed by atoms with E-state index in [1.165, 1.54) is 7.11 Å². The highest BCUT2D eigenvalue weighted by Gasteiger charge is 2.21. The van der Waals surface area contributed by atoms with Crippen molar-refractivity contribution in [1.29, 1.82) is 0 Å². The second kappa shape index (κ2) is 7.02. The van der Waals surface area contributed by atoms with Crippen molar-refractivity contribution in [2.75, 3.05) is 32.3 Å². The molecule has 0 fully saturated rings. The molecule has 2 N–H and O–H groups in total. The molecule has 0 radical (unpaired) electrons. The van der Waals surface area contributed by atoms with E-state index < -0.39 is 6.10 Å². The van der Waals surface area contributed by atoms with Gasteiger partial charge < -0.3 is 24.6 Å². The number of aryl methyl sites for hydroxylation is 1. The fourth-order valence-corrected chi connectivity index (χ4v) is 2.69. The van der Waals surface area contributed by atoms with Crippen LogP contribution in [0.25, 0.3) is 0 Å². The van der Waals surface area contributed by atoms with Crippen LogP contribution >= 0.6 is 0 Å². The molecule has 9 heteroatoms. The van der Waals surface area contributed by atoms with Crippen molar-refractivity contribution in [2.45, 2.75) is 25.6 Å². The molecule has 0 saturated carbocycles. The number of ether oxygens (including phenoxy) is 2. The van der Waals surface area contributed by atoms with Gasteiger partial charge >= 0.3 is 6.01 Å². The Kier molecular flexibility index (Phi) is 4.81. The zero-order valence-corrected chi connectivity index (χ0v) is 13.7. The Morgan fingerprint density at radius 3 is 2.75 bits per heavy atom. The van der Waals surface area contributed by atoms with Crippen LogP contribution in [0.3, 0.4) is 0 Å². The van der Waals surface area contributed by atoms with Crippen LogP contribution in [-0.4, -0.2) is 57.3 Å². The molecular weight excluding hydrogens is 314 g/mol. The van der Waals surface area contributed by atoms with Crippen molar-refractivity contribution < 1.29 is 19.7 Å². The van der Waals surface area contributed by atoms with E-state index >= 15 is 0 Å². The zero-order valence-electron chi connectivity index (χ0n) is 13.7. The molecule has 1 atom stereocenters. The molecule has 0 amide bonds. The number of anilines is 1. The van der Waals surface area contributed by atoms with Gasteiger partial charge in [0.05, 0.1) is 38.8 Å². The molecule has 0 spiro atoms. The third kappa shape index (κ3) is 3.26. The molecule has 2 aromatic rings. The third-order valence-corrected chi connectivity index (χ3v) is 3.93. The molecule has 9 nitrogen and oxygen atoms in total. The van der Waals surface area contributed by atoms with Gasteiger partial charge in [0.25, 0.3) is 0 Å². The van der Waals surface area contributed by atoms with E-state index in [1.54, 1.807) is 13.2 Å². The first-order chi connectivity index (χ1) is 11.6. The first-order valence-electron chi connectivity index (χ1n) is 7.72. The maximum Gasteiger partial charge on any atom is 0.321 e. The molecule has 0 aromatic carbocycles. The Hall–Kier alpha value is -2.39. The summed E-state index contributed by atoms with van der Waals surface area (Å²) in [5.74, 6) is 1.14. The second-order valence-corrected chi connectivity index (χ2v) is 5.51. The van der Waals surface area contributed by atoms with Crippen LogP contribution in [0.5, 0.6) is 11.9 Å². The summed E-state index contributed by atoms with van der Waals surface area (Å²) >= 11 is 0. The van der Waals surface area contributed by atoms with Crippen LogP contribution in [-0.2, 0) is 13.1 Å². The van der Waals surface area contributed by atoms with Crippen molar-refractivity contribution in [1.82, 2.24) is 19.7 Å². The predicted octanol–water partition coefficient (Wildman–Crippen LogP) is 0.126. The van der Waals surface area contributed by atoms with Gasteiger partial charge in [-0.25, -0.2) is 0 Å². The first-order valence-corrected chi connectivity index (χ1v) is 7.72. The van der Waals surface area contributed by atoms with Crippen molar-refractivity contribution in [3.8, 4) is 11.9 Å². The van der Waals surface area contributed by atoms with Crippen LogP contribution < -0.4 is 14.4 Å². The number of aliphatic hydroxyl groups is 2. The SMILES string of the molecule is COc1cc(N2CCCn3nc(C(O)CO)cc3C2)nc(OC)n1. The highest BCUT2D eigenvalue weighted by atomic mass is 16.5. The lowest BCUT2D eigenvalue weighted by Gasteiger charge is -2.21. The van der Waals surface area contributed by atoms with Gasteiger partial charge in [0, 0.05) is 19.2 Å². The summed E-state index contributed by atoms with van der Waals surface area (Å²) in [7, 11) is 3.06. The van der Waals surface area contributed by atoms with Crippen molar-refractivity contribution in [3.05, 3.63) is 23.5 Å². The average Bonchev–Trinajstić information content (AvgIpc) is 2.92. The summed E-state index contributed by atoms with van der Waals surface area (Å²) in [5, 5.41) is 23.2. The Balaban J connectivity index is 1.89.